The molecule has 0 radical (unpaired) electrons. The van der Waals surface area contributed by atoms with Crippen molar-refractivity contribution in [2.75, 3.05) is 0 Å². The quantitative estimate of drug-likeness (QED) is 0.480. The Morgan fingerprint density at radius 1 is 1.17 bits per heavy atom. The number of amides is 2. The van der Waals surface area contributed by atoms with E-state index >= 15 is 0 Å². The molecule has 0 spiro atoms. The van der Waals surface area contributed by atoms with E-state index in [-0.39, 0.29) is 30.5 Å². The Bertz CT molecular complexity index is 1250. The highest BCUT2D eigenvalue weighted by Crippen LogP contribution is 2.46. The first kappa shape index (κ1) is 24.6. The molecule has 0 saturated heterocycles. The van der Waals surface area contributed by atoms with Gasteiger partial charge in [0, 0.05) is 23.0 Å². The molecule has 2 aliphatic rings. The summed E-state index contributed by atoms with van der Waals surface area (Å²) in [5.41, 5.74) is 16.2. The Hall–Kier alpha value is -3.07. The van der Waals surface area contributed by atoms with Crippen molar-refractivity contribution >= 4 is 23.2 Å². The maximum atomic E-state index is 14.1. The lowest BCUT2D eigenvalue weighted by atomic mass is 9.75. The monoisotopic (exact) mass is 504 g/mol. The van der Waals surface area contributed by atoms with Crippen LogP contribution in [-0.2, 0) is 16.2 Å². The molecule has 1 saturated carbocycles. The Labute approximate surface area is 215 Å². The van der Waals surface area contributed by atoms with Crippen molar-refractivity contribution in [1.29, 1.82) is 0 Å². The minimum atomic E-state index is -0.648. The van der Waals surface area contributed by atoms with Crippen LogP contribution in [0.3, 0.4) is 0 Å². The van der Waals surface area contributed by atoms with E-state index in [9.17, 15) is 9.59 Å². The van der Waals surface area contributed by atoms with Crippen LogP contribution < -0.4 is 11.2 Å². The van der Waals surface area contributed by atoms with Crippen molar-refractivity contribution in [2.24, 2.45) is 5.73 Å². The number of nitrogens with two attached hydrogens (primary N) is 1. The molecule has 0 bridgehead atoms. The SMILES string of the molecule is Cc1ccc(C2C(C(=O)NOCc3cscn3)c3ccccc3C(=O)N2C2CCCCC2N)c(C)c1. The van der Waals surface area contributed by atoms with Crippen molar-refractivity contribution in [2.45, 2.75) is 70.2 Å². The number of carbonyl (C=O) groups excluding carboxylic acids is 2. The third-order valence-corrected chi connectivity index (χ3v) is 8.05. The van der Waals surface area contributed by atoms with E-state index in [2.05, 4.69) is 16.5 Å². The second kappa shape index (κ2) is 10.5. The average Bonchev–Trinajstić information content (AvgIpc) is 3.38. The molecule has 5 rings (SSSR count). The molecule has 4 atom stereocenters. The molecular weight excluding hydrogens is 472 g/mol. The fourth-order valence-corrected chi connectivity index (χ4v) is 6.27. The summed E-state index contributed by atoms with van der Waals surface area (Å²) in [6.45, 7) is 4.26. The van der Waals surface area contributed by atoms with Gasteiger partial charge in [0.25, 0.3) is 11.8 Å². The summed E-state index contributed by atoms with van der Waals surface area (Å²) in [7, 11) is 0. The van der Waals surface area contributed by atoms with Crippen LogP contribution in [0.25, 0.3) is 0 Å². The van der Waals surface area contributed by atoms with Gasteiger partial charge in [0.15, 0.2) is 0 Å². The minimum absolute atomic E-state index is 0.0645. The van der Waals surface area contributed by atoms with Gasteiger partial charge in [-0.2, -0.15) is 0 Å². The molecule has 2 aromatic carbocycles. The summed E-state index contributed by atoms with van der Waals surface area (Å²) in [6.07, 6.45) is 3.75. The van der Waals surface area contributed by atoms with Gasteiger partial charge >= 0.3 is 0 Å². The van der Waals surface area contributed by atoms with Gasteiger partial charge in [-0.25, -0.2) is 10.5 Å². The minimum Gasteiger partial charge on any atom is -0.326 e. The number of hydrogen-bond donors (Lipinski definition) is 2. The molecule has 7 nitrogen and oxygen atoms in total. The number of hydrogen-bond acceptors (Lipinski definition) is 6. The lowest BCUT2D eigenvalue weighted by Gasteiger charge is -2.48. The van der Waals surface area contributed by atoms with Crippen molar-refractivity contribution in [3.63, 3.8) is 0 Å². The van der Waals surface area contributed by atoms with E-state index in [1.807, 2.05) is 60.5 Å². The van der Waals surface area contributed by atoms with E-state index in [0.717, 1.165) is 48.1 Å². The number of benzene rings is 2. The normalized spacial score (nSPS) is 23.9. The van der Waals surface area contributed by atoms with Gasteiger partial charge in [0.1, 0.15) is 6.61 Å². The Morgan fingerprint density at radius 2 is 1.97 bits per heavy atom. The van der Waals surface area contributed by atoms with Gasteiger partial charge in [-0.1, -0.05) is 54.8 Å². The second-order valence-corrected chi connectivity index (χ2v) is 10.6. The Morgan fingerprint density at radius 3 is 2.72 bits per heavy atom. The number of nitrogens with zero attached hydrogens (tertiary/aromatic N) is 2. The average molecular weight is 505 g/mol. The zero-order valence-corrected chi connectivity index (χ0v) is 21.5. The van der Waals surface area contributed by atoms with Gasteiger partial charge in [-0.3, -0.25) is 14.4 Å². The fourth-order valence-electron chi connectivity index (χ4n) is 5.73. The highest BCUT2D eigenvalue weighted by atomic mass is 32.1. The predicted octanol–water partition coefficient (Wildman–Crippen LogP) is 4.56. The van der Waals surface area contributed by atoms with Gasteiger partial charge in [-0.15, -0.1) is 11.3 Å². The molecule has 2 heterocycles. The van der Waals surface area contributed by atoms with Crippen LogP contribution in [0.5, 0.6) is 0 Å². The highest BCUT2D eigenvalue weighted by molar-refractivity contribution is 7.07. The number of aryl methyl sites for hydroxylation is 2. The van der Waals surface area contributed by atoms with Crippen molar-refractivity contribution < 1.29 is 14.4 Å². The zero-order chi connectivity index (χ0) is 25.2. The second-order valence-electron chi connectivity index (χ2n) is 9.83. The first-order valence-corrected chi connectivity index (χ1v) is 13.4. The molecule has 1 aromatic heterocycles. The van der Waals surface area contributed by atoms with Gasteiger partial charge in [0.05, 0.1) is 23.2 Å². The smallest absolute Gasteiger partial charge is 0.255 e. The molecule has 36 heavy (non-hydrogen) atoms. The van der Waals surface area contributed by atoms with Crippen LogP contribution in [0, 0.1) is 13.8 Å². The summed E-state index contributed by atoms with van der Waals surface area (Å²) in [5, 5.41) is 1.88. The molecular formula is C28H32N4O3S. The van der Waals surface area contributed by atoms with Crippen molar-refractivity contribution in [3.8, 4) is 0 Å². The van der Waals surface area contributed by atoms with E-state index in [4.69, 9.17) is 10.6 Å². The molecule has 3 aromatic rings. The first-order valence-electron chi connectivity index (χ1n) is 12.5. The lowest BCUT2D eigenvalue weighted by molar-refractivity contribution is -0.138. The summed E-state index contributed by atoms with van der Waals surface area (Å²) in [4.78, 5) is 39.6. The van der Waals surface area contributed by atoms with Gasteiger partial charge < -0.3 is 10.6 Å². The van der Waals surface area contributed by atoms with Crippen LogP contribution in [0.1, 0.15) is 75.9 Å². The molecule has 3 N–H and O–H groups in total. The Balaban J connectivity index is 1.59. The van der Waals surface area contributed by atoms with Crippen LogP contribution in [-0.4, -0.2) is 33.8 Å². The molecule has 2 amide bonds. The van der Waals surface area contributed by atoms with Gasteiger partial charge in [0.2, 0.25) is 0 Å². The number of rotatable bonds is 6. The molecule has 1 fully saturated rings. The van der Waals surface area contributed by atoms with E-state index < -0.39 is 12.0 Å². The third kappa shape index (κ3) is 4.68. The number of thiazole rings is 1. The van der Waals surface area contributed by atoms with Crippen LogP contribution >= 0.6 is 11.3 Å². The van der Waals surface area contributed by atoms with Crippen LogP contribution in [0.15, 0.2) is 53.4 Å². The first-order chi connectivity index (χ1) is 17.5. The number of fused-ring (bicyclic) bond motifs is 1. The standard InChI is InChI=1S/C28H32N4O3S/c1-17-11-12-20(18(2)13-17)26-25(27(33)31-35-14-19-15-36-16-30-19)21-7-3-4-8-22(21)28(34)32(26)24-10-6-5-9-23(24)29/h3-4,7-8,11-13,15-16,23-26H,5-6,9-10,14,29H2,1-2H3,(H,31,33). The maximum Gasteiger partial charge on any atom is 0.255 e. The number of carbonyl (C=O) groups is 2. The summed E-state index contributed by atoms with van der Waals surface area (Å²) < 4.78 is 0. The predicted molar refractivity (Wildman–Crippen MR) is 139 cm³/mol. The molecule has 1 aliphatic heterocycles. The number of hydroxylamine groups is 1. The summed E-state index contributed by atoms with van der Waals surface area (Å²) in [5.74, 6) is -1.00. The summed E-state index contributed by atoms with van der Waals surface area (Å²) in [6, 6.07) is 12.8. The highest BCUT2D eigenvalue weighted by Gasteiger charge is 2.48. The topological polar surface area (TPSA) is 97.5 Å². The molecule has 4 unspecified atom stereocenters. The molecule has 1 aliphatic carbocycles. The van der Waals surface area contributed by atoms with Gasteiger partial charge in [-0.05, 0) is 49.4 Å². The summed E-state index contributed by atoms with van der Waals surface area (Å²) >= 11 is 1.47. The van der Waals surface area contributed by atoms with Crippen molar-refractivity contribution in [3.05, 3.63) is 86.9 Å². The zero-order valence-electron chi connectivity index (χ0n) is 20.6. The van der Waals surface area contributed by atoms with Crippen molar-refractivity contribution in [1.82, 2.24) is 15.4 Å². The number of aromatic nitrogens is 1. The van der Waals surface area contributed by atoms with Crippen LogP contribution in [0.4, 0.5) is 0 Å². The largest absolute Gasteiger partial charge is 0.326 e. The van der Waals surface area contributed by atoms with E-state index in [1.54, 1.807) is 5.51 Å². The fraction of sp³-hybridized carbons (Fsp3) is 0.393. The lowest BCUT2D eigenvalue weighted by Crippen LogP contribution is -2.57. The molecule has 188 valence electrons. The molecule has 8 heteroatoms. The van der Waals surface area contributed by atoms with Crippen LogP contribution in [0.2, 0.25) is 0 Å². The van der Waals surface area contributed by atoms with E-state index in [0.29, 0.717) is 11.1 Å². The maximum absolute atomic E-state index is 14.1. The van der Waals surface area contributed by atoms with E-state index in [1.165, 1.54) is 11.3 Å². The third-order valence-electron chi connectivity index (χ3n) is 7.42. The Kier molecular flexibility index (Phi) is 7.18. The number of nitrogens with one attached hydrogen (secondary N) is 1.